The van der Waals surface area contributed by atoms with Crippen LogP contribution in [0, 0.1) is 10.8 Å². The smallest absolute Gasteiger partial charge is 0.311 e. The number of hydrogen-bond donors (Lipinski definition) is 2. The predicted octanol–water partition coefficient (Wildman–Crippen LogP) is 18.4. The van der Waals surface area contributed by atoms with Crippen LogP contribution in [-0.2, 0) is 33.3 Å². The Hall–Kier alpha value is -1.26. The van der Waals surface area contributed by atoms with Crippen molar-refractivity contribution in [3.63, 3.8) is 0 Å². The number of esters is 1. The van der Waals surface area contributed by atoms with Crippen molar-refractivity contribution < 1.29 is 43.5 Å². The largest absolute Gasteiger partial charge is 0.481 e. The Morgan fingerprint density at radius 3 is 0.845 bits per heavy atom. The van der Waals surface area contributed by atoms with Gasteiger partial charge in [0, 0.05) is 13.2 Å². The molecule has 0 aliphatic heterocycles. The number of aliphatic carboxylic acids is 1. The van der Waals surface area contributed by atoms with E-state index in [0.29, 0.717) is 46.2 Å². The van der Waals surface area contributed by atoms with Crippen LogP contribution in [0.1, 0.15) is 312 Å². The molecule has 0 saturated carbocycles. The Morgan fingerprint density at radius 1 is 0.310 bits per heavy atom. The number of aliphatic hydroxyl groups excluding tert-OH is 1. The van der Waals surface area contributed by atoms with Crippen LogP contribution in [0.3, 0.4) is 0 Å². The summed E-state index contributed by atoms with van der Waals surface area (Å²) in [5, 5.41) is 18.0. The van der Waals surface area contributed by atoms with Crippen LogP contribution in [0.2, 0.25) is 0 Å². The Labute approximate surface area is 442 Å². The van der Waals surface area contributed by atoms with Crippen molar-refractivity contribution in [1.82, 2.24) is 0 Å². The second-order valence-corrected chi connectivity index (χ2v) is 21.3. The standard InChI is InChI=1S/C31H62O4.C21H42O2.C10H22O3/c1-5-8-11-14-16-17-19-21-24-31(4,23-20-18-15-12-9-6-2)30(32)35-29-28-34-27-26-33-25-22-13-10-7-3;1-4-6-8-10-12-13-15-17-19-21(3,20(22)23)18-16-14-11-9-7-5-2;1-2-3-4-5-7-12-9-10-13-8-6-11/h5-29H2,1-4H3;4-19H2,1-3H3,(H,22,23);11H,2-10H2,1H3. The van der Waals surface area contributed by atoms with Crippen molar-refractivity contribution in [3.8, 4) is 0 Å². The molecule has 0 saturated heterocycles. The van der Waals surface area contributed by atoms with E-state index in [1.165, 1.54) is 193 Å². The summed E-state index contributed by atoms with van der Waals surface area (Å²) in [6.45, 7) is 22.9. The highest BCUT2D eigenvalue weighted by molar-refractivity contribution is 5.76. The number of rotatable bonds is 55. The second kappa shape index (κ2) is 61.3. The van der Waals surface area contributed by atoms with Crippen LogP contribution in [0.25, 0.3) is 0 Å². The molecule has 9 heteroatoms. The van der Waals surface area contributed by atoms with E-state index in [4.69, 9.17) is 28.8 Å². The molecule has 2 N–H and O–H groups in total. The predicted molar refractivity (Wildman–Crippen MR) is 304 cm³/mol. The minimum absolute atomic E-state index is 0.0234. The molecule has 0 bridgehead atoms. The SMILES string of the molecule is CCCCCCCCCCC(C)(CCCCCCCC)C(=O)O.CCCCCCCCCCC(C)(CCCCCCCC)C(=O)OCCOCCOCCCCCC.CCCCCCOCCOCCO. The average molecular weight is 1020 g/mol. The maximum Gasteiger partial charge on any atom is 0.311 e. The van der Waals surface area contributed by atoms with Gasteiger partial charge in [-0.05, 0) is 52.4 Å². The molecular weight excluding hydrogens is 889 g/mol. The highest BCUT2D eigenvalue weighted by atomic mass is 16.6. The lowest BCUT2D eigenvalue weighted by Crippen LogP contribution is -2.31. The lowest BCUT2D eigenvalue weighted by atomic mass is 9.79. The third-order valence-corrected chi connectivity index (χ3v) is 14.1. The Kier molecular flexibility index (Phi) is 63.9. The van der Waals surface area contributed by atoms with Crippen LogP contribution in [0.4, 0.5) is 0 Å². The van der Waals surface area contributed by atoms with Gasteiger partial charge in [-0.1, -0.05) is 260 Å². The molecule has 0 rings (SSSR count). The van der Waals surface area contributed by atoms with E-state index in [-0.39, 0.29) is 18.0 Å². The van der Waals surface area contributed by atoms with Crippen molar-refractivity contribution >= 4 is 11.9 Å². The highest BCUT2D eigenvalue weighted by Gasteiger charge is 2.34. The zero-order valence-corrected chi connectivity index (χ0v) is 49.1. The number of carboxylic acids is 1. The summed E-state index contributed by atoms with van der Waals surface area (Å²) in [7, 11) is 0. The van der Waals surface area contributed by atoms with E-state index in [1.807, 2.05) is 6.92 Å². The van der Waals surface area contributed by atoms with E-state index in [9.17, 15) is 14.7 Å². The molecule has 0 amide bonds. The number of carbonyl (C=O) groups excluding carboxylic acids is 1. The fourth-order valence-electron chi connectivity index (χ4n) is 8.89. The molecule has 428 valence electrons. The number of carboxylic acid groups (broad SMARTS) is 1. The number of carbonyl (C=O) groups is 2. The van der Waals surface area contributed by atoms with Gasteiger partial charge in [0.25, 0.3) is 0 Å². The lowest BCUT2D eigenvalue weighted by molar-refractivity contribution is -0.157. The number of ether oxygens (including phenoxy) is 5. The molecule has 0 aromatic heterocycles. The molecule has 0 aliphatic carbocycles. The van der Waals surface area contributed by atoms with Gasteiger partial charge in [-0.3, -0.25) is 9.59 Å². The molecule has 71 heavy (non-hydrogen) atoms. The first-order valence-electron chi connectivity index (χ1n) is 30.9. The van der Waals surface area contributed by atoms with Crippen molar-refractivity contribution in [2.75, 3.05) is 66.1 Å². The summed E-state index contributed by atoms with van der Waals surface area (Å²) in [6.07, 6.45) is 49.0. The first kappa shape index (κ1) is 74.0. The molecular formula is C62H126O9. The third kappa shape index (κ3) is 56.3. The van der Waals surface area contributed by atoms with E-state index in [1.54, 1.807) is 0 Å². The zero-order valence-electron chi connectivity index (χ0n) is 49.1. The highest BCUT2D eigenvalue weighted by Crippen LogP contribution is 2.34. The van der Waals surface area contributed by atoms with Gasteiger partial charge in [0.2, 0.25) is 0 Å². The maximum absolute atomic E-state index is 13.0. The minimum Gasteiger partial charge on any atom is -0.481 e. The molecule has 2 atom stereocenters. The quantitative estimate of drug-likeness (QED) is 0.0453. The minimum atomic E-state index is -0.589. The monoisotopic (exact) mass is 1010 g/mol. The fourth-order valence-corrected chi connectivity index (χ4v) is 8.89. The van der Waals surface area contributed by atoms with Gasteiger partial charge in [0.1, 0.15) is 6.61 Å². The van der Waals surface area contributed by atoms with Crippen molar-refractivity contribution in [3.05, 3.63) is 0 Å². The first-order chi connectivity index (χ1) is 34.6. The number of hydrogen-bond acceptors (Lipinski definition) is 8. The second-order valence-electron chi connectivity index (χ2n) is 21.3. The molecule has 2 unspecified atom stereocenters. The molecule has 0 radical (unpaired) electrons. The topological polar surface area (TPSA) is 121 Å². The van der Waals surface area contributed by atoms with Gasteiger partial charge in [0.05, 0.1) is 57.1 Å². The number of unbranched alkanes of at least 4 members (excludes halogenated alkanes) is 30. The van der Waals surface area contributed by atoms with Crippen LogP contribution in [0.15, 0.2) is 0 Å². The fraction of sp³-hybridized carbons (Fsp3) is 0.968. The van der Waals surface area contributed by atoms with Gasteiger partial charge >= 0.3 is 11.9 Å². The van der Waals surface area contributed by atoms with Gasteiger partial charge in [-0.2, -0.15) is 0 Å². The van der Waals surface area contributed by atoms with E-state index in [0.717, 1.165) is 77.4 Å². The maximum atomic E-state index is 13.0. The molecule has 0 spiro atoms. The first-order valence-corrected chi connectivity index (χ1v) is 30.9. The molecule has 0 aromatic rings. The Morgan fingerprint density at radius 2 is 0.549 bits per heavy atom. The van der Waals surface area contributed by atoms with Crippen LogP contribution in [0.5, 0.6) is 0 Å². The molecule has 0 aliphatic rings. The van der Waals surface area contributed by atoms with Crippen molar-refractivity contribution in [2.24, 2.45) is 10.8 Å². The average Bonchev–Trinajstić information content (AvgIpc) is 3.36. The summed E-state index contributed by atoms with van der Waals surface area (Å²) in [6, 6.07) is 0. The third-order valence-electron chi connectivity index (χ3n) is 14.1. The molecule has 0 aromatic carbocycles. The summed E-state index contributed by atoms with van der Waals surface area (Å²) < 4.78 is 27.3. The van der Waals surface area contributed by atoms with E-state index in [2.05, 4.69) is 48.5 Å². The van der Waals surface area contributed by atoms with Crippen LogP contribution in [-0.4, -0.2) is 88.2 Å². The van der Waals surface area contributed by atoms with Crippen molar-refractivity contribution in [1.29, 1.82) is 0 Å². The van der Waals surface area contributed by atoms with Gasteiger partial charge < -0.3 is 33.9 Å². The summed E-state index contributed by atoms with van der Waals surface area (Å²) in [5.74, 6) is -0.612. The molecule has 0 fully saturated rings. The molecule has 0 heterocycles. The summed E-state index contributed by atoms with van der Waals surface area (Å²) in [5.41, 5.74) is -0.846. The Balaban J connectivity index is -0.00000109. The normalized spacial score (nSPS) is 12.9. The zero-order chi connectivity index (χ0) is 53.0. The van der Waals surface area contributed by atoms with Crippen LogP contribution < -0.4 is 0 Å². The van der Waals surface area contributed by atoms with E-state index >= 15 is 0 Å². The van der Waals surface area contributed by atoms with Crippen molar-refractivity contribution in [2.45, 2.75) is 312 Å². The van der Waals surface area contributed by atoms with Gasteiger partial charge in [-0.15, -0.1) is 0 Å². The summed E-state index contributed by atoms with van der Waals surface area (Å²) >= 11 is 0. The van der Waals surface area contributed by atoms with Gasteiger partial charge in [-0.25, -0.2) is 0 Å². The van der Waals surface area contributed by atoms with Crippen LogP contribution >= 0.6 is 0 Å². The Bertz CT molecular complexity index is 1020. The molecule has 9 nitrogen and oxygen atoms in total. The van der Waals surface area contributed by atoms with E-state index < -0.39 is 11.4 Å². The van der Waals surface area contributed by atoms with Gasteiger partial charge in [0.15, 0.2) is 0 Å². The number of aliphatic hydroxyl groups is 1. The lowest BCUT2D eigenvalue weighted by Gasteiger charge is -2.27. The summed E-state index contributed by atoms with van der Waals surface area (Å²) in [4.78, 5) is 24.7.